The summed E-state index contributed by atoms with van der Waals surface area (Å²) in [4.78, 5) is 9.58. The Balaban J connectivity index is 3.88. The Morgan fingerprint density at radius 3 is 2.33 bits per heavy atom. The zero-order valence-electron chi connectivity index (χ0n) is 4.44. The molecule has 0 aliphatic heterocycles. The number of carbonyl (C=O) groups is 1. The first-order chi connectivity index (χ1) is 4.09. The van der Waals surface area contributed by atoms with E-state index in [-0.39, 0.29) is 10.6 Å². The van der Waals surface area contributed by atoms with Gasteiger partial charge in [0.05, 0.1) is 0 Å². The van der Waals surface area contributed by atoms with Crippen molar-refractivity contribution in [2.45, 2.75) is 6.10 Å². The van der Waals surface area contributed by atoms with Crippen molar-refractivity contribution in [2.75, 3.05) is 5.75 Å². The first-order valence-electron chi connectivity index (χ1n) is 2.15. The van der Waals surface area contributed by atoms with Gasteiger partial charge in [0.1, 0.15) is 11.0 Å². The highest BCUT2D eigenvalue weighted by Crippen LogP contribution is 1.91. The predicted molar refractivity (Wildman–Crippen MR) is 40.1 cm³/mol. The third-order valence-corrected chi connectivity index (χ3v) is 1.48. The predicted octanol–water partition coefficient (Wildman–Crippen LogP) is -0.268. The molecule has 0 aliphatic rings. The smallest absolute Gasteiger partial charge is 0.345 e. The van der Waals surface area contributed by atoms with Gasteiger partial charge < -0.3 is 10.2 Å². The summed E-state index contributed by atoms with van der Waals surface area (Å²) in [6.07, 6.45) is -1.11. The molecule has 0 amide bonds. The van der Waals surface area contributed by atoms with Gasteiger partial charge in [0.25, 0.3) is 0 Å². The van der Waals surface area contributed by atoms with Gasteiger partial charge in [-0.05, 0) is 0 Å². The summed E-state index contributed by atoms with van der Waals surface area (Å²) in [5.74, 6) is -1.21. The molecule has 0 aromatic rings. The van der Waals surface area contributed by atoms with Crippen LogP contribution in [0.1, 0.15) is 0 Å². The molecule has 0 heterocycles. The topological polar surface area (TPSA) is 57.5 Å². The molecule has 0 aromatic carbocycles. The van der Waals surface area contributed by atoms with Crippen molar-refractivity contribution < 1.29 is 15.0 Å². The van der Waals surface area contributed by atoms with Gasteiger partial charge in [0, 0.05) is 5.75 Å². The van der Waals surface area contributed by atoms with Gasteiger partial charge in [-0.15, -0.1) is 0 Å². The number of aliphatic carboxylic acids is 1. The fraction of sp³-hybridized carbons (Fsp3) is 0.500. The second-order valence-electron chi connectivity index (χ2n) is 1.37. The third-order valence-electron chi connectivity index (χ3n) is 0.686. The molecule has 0 aliphatic carbocycles. The zero-order valence-corrected chi connectivity index (χ0v) is 6.15. The molecule has 1 unspecified atom stereocenters. The number of carboxylic acid groups (broad SMARTS) is 1. The van der Waals surface area contributed by atoms with Gasteiger partial charge >= 0.3 is 5.97 Å². The highest BCUT2D eigenvalue weighted by Gasteiger charge is 2.14. The molecule has 0 rings (SSSR count). The molecule has 3 nitrogen and oxygen atoms in total. The Bertz CT molecular complexity index is 134. The molecule has 9 heavy (non-hydrogen) atoms. The van der Waals surface area contributed by atoms with Crippen LogP contribution in [0.25, 0.3) is 0 Å². The van der Waals surface area contributed by atoms with Gasteiger partial charge in [-0.25, -0.2) is 4.79 Å². The van der Waals surface area contributed by atoms with Gasteiger partial charge in [0.2, 0.25) is 0 Å². The van der Waals surface area contributed by atoms with E-state index in [1.54, 1.807) is 0 Å². The second kappa shape index (κ2) is 3.81. The standard InChI is InChI=1S/C4H6O3S2/c5-2(1-8)3(9)4(6)7/h2,5,8H,1H2,(H,6,7). The molecule has 0 fully saturated rings. The Hall–Kier alpha value is -0.130. The summed E-state index contributed by atoms with van der Waals surface area (Å²) >= 11 is 7.95. The van der Waals surface area contributed by atoms with Crippen molar-refractivity contribution in [1.82, 2.24) is 0 Å². The number of hydrogen-bond donors (Lipinski definition) is 3. The minimum absolute atomic E-state index is 0.0468. The fourth-order valence-corrected chi connectivity index (χ4v) is 0.615. The summed E-state index contributed by atoms with van der Waals surface area (Å²) in [6, 6.07) is 0. The second-order valence-corrected chi connectivity index (χ2v) is 2.17. The first-order valence-corrected chi connectivity index (χ1v) is 3.19. The lowest BCUT2D eigenvalue weighted by atomic mass is 10.3. The number of rotatable bonds is 3. The van der Waals surface area contributed by atoms with E-state index in [4.69, 9.17) is 10.2 Å². The van der Waals surface area contributed by atoms with Crippen molar-refractivity contribution >= 4 is 35.7 Å². The largest absolute Gasteiger partial charge is 0.477 e. The van der Waals surface area contributed by atoms with Gasteiger partial charge in [-0.2, -0.15) is 12.6 Å². The number of thiol groups is 1. The summed E-state index contributed by atoms with van der Waals surface area (Å²) in [5.41, 5.74) is 0. The van der Waals surface area contributed by atoms with Crippen LogP contribution in [0.3, 0.4) is 0 Å². The van der Waals surface area contributed by atoms with E-state index in [0.29, 0.717) is 0 Å². The number of aliphatic hydroxyl groups excluding tert-OH is 1. The normalized spacial score (nSPS) is 12.7. The van der Waals surface area contributed by atoms with E-state index in [2.05, 4.69) is 24.8 Å². The molecule has 0 saturated carbocycles. The molecular formula is C4H6O3S2. The fourth-order valence-electron chi connectivity index (χ4n) is 0.225. The van der Waals surface area contributed by atoms with E-state index in [0.717, 1.165) is 0 Å². The average Bonchev–Trinajstić information content (AvgIpc) is 1.84. The van der Waals surface area contributed by atoms with E-state index in [9.17, 15) is 4.79 Å². The lowest BCUT2D eigenvalue weighted by Gasteiger charge is -2.02. The number of thiocarbonyl (C=S) groups is 1. The summed E-state index contributed by atoms with van der Waals surface area (Å²) < 4.78 is 0. The molecule has 0 spiro atoms. The van der Waals surface area contributed by atoms with E-state index in [1.165, 1.54) is 0 Å². The van der Waals surface area contributed by atoms with Crippen LogP contribution in [0, 0.1) is 0 Å². The van der Waals surface area contributed by atoms with Crippen LogP contribution >= 0.6 is 24.8 Å². The van der Waals surface area contributed by atoms with Crippen molar-refractivity contribution in [1.29, 1.82) is 0 Å². The van der Waals surface area contributed by atoms with Crippen molar-refractivity contribution in [3.8, 4) is 0 Å². The maximum absolute atomic E-state index is 9.96. The summed E-state index contributed by atoms with van der Waals surface area (Å²) in [6.45, 7) is 0. The number of hydrogen-bond acceptors (Lipinski definition) is 4. The van der Waals surface area contributed by atoms with Crippen LogP contribution < -0.4 is 0 Å². The Kier molecular flexibility index (Phi) is 3.76. The Labute approximate surface area is 63.1 Å². The first kappa shape index (κ1) is 8.87. The SMILES string of the molecule is O=C(O)C(=S)C(O)CS. The lowest BCUT2D eigenvalue weighted by Crippen LogP contribution is -2.27. The minimum atomic E-state index is -1.26. The minimum Gasteiger partial charge on any atom is -0.477 e. The number of aliphatic hydroxyl groups is 1. The van der Waals surface area contributed by atoms with Crippen LogP contribution in [0.2, 0.25) is 0 Å². The van der Waals surface area contributed by atoms with Crippen molar-refractivity contribution in [2.24, 2.45) is 0 Å². The molecule has 2 N–H and O–H groups in total. The molecular weight excluding hydrogens is 160 g/mol. The Morgan fingerprint density at radius 2 is 2.22 bits per heavy atom. The molecule has 0 saturated heterocycles. The molecule has 0 radical (unpaired) electrons. The maximum atomic E-state index is 9.96. The van der Waals surface area contributed by atoms with E-state index in [1.807, 2.05) is 0 Å². The average molecular weight is 166 g/mol. The summed E-state index contributed by atoms with van der Waals surface area (Å²) in [5, 5.41) is 16.8. The molecule has 0 bridgehead atoms. The van der Waals surface area contributed by atoms with Gasteiger partial charge in [-0.1, -0.05) is 12.2 Å². The quantitative estimate of drug-likeness (QED) is 0.399. The van der Waals surface area contributed by atoms with Gasteiger partial charge in [0.15, 0.2) is 0 Å². The lowest BCUT2D eigenvalue weighted by molar-refractivity contribution is -0.129. The molecule has 5 heteroatoms. The third kappa shape index (κ3) is 2.78. The monoisotopic (exact) mass is 166 g/mol. The van der Waals surface area contributed by atoms with Crippen LogP contribution in [-0.4, -0.2) is 32.9 Å². The Morgan fingerprint density at radius 1 is 1.78 bits per heavy atom. The van der Waals surface area contributed by atoms with E-state index < -0.39 is 12.1 Å². The highest BCUT2D eigenvalue weighted by atomic mass is 32.1. The van der Waals surface area contributed by atoms with Crippen molar-refractivity contribution in [3.05, 3.63) is 0 Å². The van der Waals surface area contributed by atoms with Crippen LogP contribution in [0.15, 0.2) is 0 Å². The highest BCUT2D eigenvalue weighted by molar-refractivity contribution is 7.82. The van der Waals surface area contributed by atoms with Crippen LogP contribution in [-0.2, 0) is 4.79 Å². The van der Waals surface area contributed by atoms with E-state index >= 15 is 0 Å². The van der Waals surface area contributed by atoms with Crippen LogP contribution in [0.5, 0.6) is 0 Å². The zero-order chi connectivity index (χ0) is 7.44. The van der Waals surface area contributed by atoms with Crippen LogP contribution in [0.4, 0.5) is 0 Å². The summed E-state index contributed by atoms with van der Waals surface area (Å²) in [7, 11) is 0. The molecule has 0 aromatic heterocycles. The molecule has 1 atom stereocenters. The molecule has 52 valence electrons. The maximum Gasteiger partial charge on any atom is 0.345 e. The number of carboxylic acids is 1. The van der Waals surface area contributed by atoms with Gasteiger partial charge in [-0.3, -0.25) is 0 Å². The van der Waals surface area contributed by atoms with Crippen molar-refractivity contribution in [3.63, 3.8) is 0 Å².